The smallest absolute Gasteiger partial charge is 0.269 e. The molecule has 0 spiro atoms. The lowest BCUT2D eigenvalue weighted by Gasteiger charge is -2.37. The van der Waals surface area contributed by atoms with E-state index in [1.54, 1.807) is 12.1 Å². The Bertz CT molecular complexity index is 975. The molecule has 0 saturated heterocycles. The Labute approximate surface area is 167 Å². The van der Waals surface area contributed by atoms with E-state index in [4.69, 9.17) is 5.73 Å². The van der Waals surface area contributed by atoms with Gasteiger partial charge in [-0.3, -0.25) is 10.1 Å². The molecule has 1 unspecified atom stereocenters. The molecule has 144 valence electrons. The minimum atomic E-state index is -0.877. The monoisotopic (exact) mass is 397 g/mol. The second kappa shape index (κ2) is 7.75. The van der Waals surface area contributed by atoms with E-state index >= 15 is 0 Å². The van der Waals surface area contributed by atoms with Crippen LogP contribution in [0.5, 0.6) is 0 Å². The number of hydrogen-bond acceptors (Lipinski definition) is 3. The number of aromatic nitrogens is 3. The summed E-state index contributed by atoms with van der Waals surface area (Å²) in [6.45, 7) is 0. The average Bonchev–Trinajstić information content (AvgIpc) is 3.45. The zero-order valence-corrected chi connectivity index (χ0v) is 15.6. The van der Waals surface area contributed by atoms with E-state index in [0.29, 0.717) is 0 Å². The topological polar surface area (TPSA) is 117 Å². The van der Waals surface area contributed by atoms with E-state index in [1.165, 1.54) is 12.1 Å². The maximum atomic E-state index is 11.0. The second-order valence-electron chi connectivity index (χ2n) is 6.49. The fourth-order valence-electron chi connectivity index (χ4n) is 3.69. The van der Waals surface area contributed by atoms with Crippen LogP contribution in [0, 0.1) is 10.1 Å². The zero-order chi connectivity index (χ0) is 18.9. The van der Waals surface area contributed by atoms with Crippen LogP contribution in [-0.2, 0) is 5.54 Å². The summed E-state index contributed by atoms with van der Waals surface area (Å²) in [7, 11) is 0. The predicted octanol–water partition coefficient (Wildman–Crippen LogP) is 4.04. The SMILES string of the molecule is Cl.NC(c1cc[nH]c1)(c1cc[nH]c1)C(c1ccc([N+](=O)[O-])cc1)c1cc[nH]c1. The van der Waals surface area contributed by atoms with Crippen molar-refractivity contribution in [2.24, 2.45) is 5.73 Å². The number of nitro benzene ring substituents is 1. The third-order valence-corrected chi connectivity index (χ3v) is 5.00. The van der Waals surface area contributed by atoms with E-state index in [-0.39, 0.29) is 24.0 Å². The molecule has 3 heterocycles. The summed E-state index contributed by atoms with van der Waals surface area (Å²) >= 11 is 0. The molecule has 0 fully saturated rings. The van der Waals surface area contributed by atoms with Crippen LogP contribution >= 0.6 is 12.4 Å². The summed E-state index contributed by atoms with van der Waals surface area (Å²) in [5.74, 6) is -0.254. The van der Waals surface area contributed by atoms with Crippen molar-refractivity contribution in [3.05, 3.63) is 112 Å². The standard InChI is InChI=1S/C20H19N5O2.ClH/c21-20(16-6-9-23-12-16,17-7-10-24-13-17)19(15-5-8-22-11-15)14-1-3-18(4-2-14)25(26)27;/h1-13,19,22-24H,21H2;1H. The second-order valence-corrected chi connectivity index (χ2v) is 6.49. The van der Waals surface area contributed by atoms with Crippen LogP contribution in [-0.4, -0.2) is 19.9 Å². The summed E-state index contributed by atoms with van der Waals surface area (Å²) in [6.07, 6.45) is 11.2. The molecular weight excluding hydrogens is 378 g/mol. The number of hydrogen-bond donors (Lipinski definition) is 4. The molecule has 8 heteroatoms. The zero-order valence-electron chi connectivity index (χ0n) is 14.8. The number of aromatic amines is 3. The largest absolute Gasteiger partial charge is 0.367 e. The number of halogens is 1. The van der Waals surface area contributed by atoms with Crippen molar-refractivity contribution < 1.29 is 4.92 Å². The number of rotatable bonds is 6. The van der Waals surface area contributed by atoms with Crippen molar-refractivity contribution in [1.82, 2.24) is 15.0 Å². The Morgan fingerprint density at radius 2 is 1.36 bits per heavy atom. The maximum absolute atomic E-state index is 11.0. The van der Waals surface area contributed by atoms with Crippen molar-refractivity contribution in [2.75, 3.05) is 0 Å². The fraction of sp³-hybridized carbons (Fsp3) is 0.100. The summed E-state index contributed by atoms with van der Waals surface area (Å²) in [4.78, 5) is 19.9. The van der Waals surface area contributed by atoms with Gasteiger partial charge in [0.05, 0.1) is 10.5 Å². The number of non-ortho nitro benzene ring substituents is 1. The third kappa shape index (κ3) is 3.21. The molecular formula is C20H20ClN5O2. The van der Waals surface area contributed by atoms with Crippen molar-refractivity contribution in [1.29, 1.82) is 0 Å². The molecule has 1 aromatic carbocycles. The Kier molecular flexibility index (Phi) is 5.39. The Morgan fingerprint density at radius 1 is 0.821 bits per heavy atom. The van der Waals surface area contributed by atoms with Gasteiger partial charge in [-0.05, 0) is 40.5 Å². The number of H-pyrrole nitrogens is 3. The van der Waals surface area contributed by atoms with E-state index in [1.807, 2.05) is 55.4 Å². The van der Waals surface area contributed by atoms with Gasteiger partial charge in [0.25, 0.3) is 5.69 Å². The molecule has 0 amide bonds. The molecule has 7 nitrogen and oxygen atoms in total. The molecule has 3 aromatic heterocycles. The van der Waals surface area contributed by atoms with Gasteiger partial charge in [-0.15, -0.1) is 12.4 Å². The molecule has 28 heavy (non-hydrogen) atoms. The van der Waals surface area contributed by atoms with E-state index in [9.17, 15) is 10.1 Å². The van der Waals surface area contributed by atoms with Gasteiger partial charge in [0.2, 0.25) is 0 Å². The number of nitrogens with one attached hydrogen (secondary N) is 3. The quantitative estimate of drug-likeness (QED) is 0.290. The highest BCUT2D eigenvalue weighted by atomic mass is 35.5. The van der Waals surface area contributed by atoms with E-state index in [0.717, 1.165) is 22.3 Å². The van der Waals surface area contributed by atoms with Crippen LogP contribution in [0.3, 0.4) is 0 Å². The molecule has 0 saturated carbocycles. The molecule has 4 aromatic rings. The van der Waals surface area contributed by atoms with Gasteiger partial charge in [0.15, 0.2) is 0 Å². The van der Waals surface area contributed by atoms with Gasteiger partial charge < -0.3 is 20.7 Å². The van der Waals surface area contributed by atoms with Gasteiger partial charge in [0, 0.05) is 55.2 Å². The molecule has 1 atom stereocenters. The number of benzene rings is 1. The number of nitrogens with two attached hydrogens (primary N) is 1. The van der Waals surface area contributed by atoms with Gasteiger partial charge in [0.1, 0.15) is 0 Å². The van der Waals surface area contributed by atoms with Gasteiger partial charge in [-0.25, -0.2) is 0 Å². The summed E-state index contributed by atoms with van der Waals surface area (Å²) in [5.41, 5.74) is 10.0. The van der Waals surface area contributed by atoms with Crippen LogP contribution in [0.1, 0.15) is 28.2 Å². The van der Waals surface area contributed by atoms with Crippen molar-refractivity contribution in [3.63, 3.8) is 0 Å². The highest BCUT2D eigenvalue weighted by Crippen LogP contribution is 2.44. The first-order valence-electron chi connectivity index (χ1n) is 8.53. The minimum Gasteiger partial charge on any atom is -0.367 e. The molecule has 5 N–H and O–H groups in total. The lowest BCUT2D eigenvalue weighted by atomic mass is 9.70. The lowest BCUT2D eigenvalue weighted by Crippen LogP contribution is -2.44. The van der Waals surface area contributed by atoms with Crippen molar-refractivity contribution in [3.8, 4) is 0 Å². The third-order valence-electron chi connectivity index (χ3n) is 5.00. The van der Waals surface area contributed by atoms with Crippen LogP contribution in [0.25, 0.3) is 0 Å². The molecule has 0 aliphatic heterocycles. The van der Waals surface area contributed by atoms with Crippen LogP contribution in [0.15, 0.2) is 79.6 Å². The molecule has 4 rings (SSSR count). The van der Waals surface area contributed by atoms with Gasteiger partial charge in [-0.2, -0.15) is 0 Å². The molecule has 0 aliphatic carbocycles. The fourth-order valence-corrected chi connectivity index (χ4v) is 3.69. The lowest BCUT2D eigenvalue weighted by molar-refractivity contribution is -0.384. The maximum Gasteiger partial charge on any atom is 0.269 e. The van der Waals surface area contributed by atoms with Gasteiger partial charge >= 0.3 is 0 Å². The van der Waals surface area contributed by atoms with Crippen LogP contribution in [0.4, 0.5) is 5.69 Å². The number of nitrogens with zero attached hydrogens (tertiary/aromatic N) is 1. The van der Waals surface area contributed by atoms with E-state index in [2.05, 4.69) is 15.0 Å². The Balaban J connectivity index is 0.00000225. The molecule has 0 bridgehead atoms. The summed E-state index contributed by atoms with van der Waals surface area (Å²) in [6, 6.07) is 12.5. The summed E-state index contributed by atoms with van der Waals surface area (Å²) in [5, 5.41) is 11.0. The molecule has 0 radical (unpaired) electrons. The van der Waals surface area contributed by atoms with Crippen molar-refractivity contribution in [2.45, 2.75) is 11.5 Å². The highest BCUT2D eigenvalue weighted by Gasteiger charge is 2.41. The minimum absolute atomic E-state index is 0. The first-order chi connectivity index (χ1) is 13.1. The van der Waals surface area contributed by atoms with Crippen molar-refractivity contribution >= 4 is 18.1 Å². The number of nitro groups is 1. The normalized spacial score (nSPS) is 12.3. The van der Waals surface area contributed by atoms with E-state index < -0.39 is 10.5 Å². The Hall–Kier alpha value is -3.29. The van der Waals surface area contributed by atoms with Crippen LogP contribution in [0.2, 0.25) is 0 Å². The summed E-state index contributed by atoms with van der Waals surface area (Å²) < 4.78 is 0. The first kappa shape index (κ1) is 19.5. The Morgan fingerprint density at radius 3 is 1.79 bits per heavy atom. The first-order valence-corrected chi connectivity index (χ1v) is 8.53. The highest BCUT2D eigenvalue weighted by molar-refractivity contribution is 5.85. The molecule has 0 aliphatic rings. The predicted molar refractivity (Wildman–Crippen MR) is 110 cm³/mol. The average molecular weight is 398 g/mol. The van der Waals surface area contributed by atoms with Gasteiger partial charge in [-0.1, -0.05) is 12.1 Å². The van der Waals surface area contributed by atoms with Crippen LogP contribution < -0.4 is 5.73 Å².